The Morgan fingerprint density at radius 3 is 2.92 bits per heavy atom. The third kappa shape index (κ3) is 3.33. The zero-order chi connectivity index (χ0) is 9.68. The molecule has 1 aromatic carbocycles. The number of aryl methyl sites for hydroxylation is 1. The number of benzene rings is 1. The highest BCUT2D eigenvalue weighted by atomic mass is 79.9. The minimum atomic E-state index is 0.659. The summed E-state index contributed by atoms with van der Waals surface area (Å²) in [6.07, 6.45) is 4.08. The molecule has 0 heterocycles. The molecule has 0 atom stereocenters. The average molecular weight is 241 g/mol. The molecule has 0 aliphatic heterocycles. The minimum absolute atomic E-state index is 0.659. The highest BCUT2D eigenvalue weighted by Gasteiger charge is 1.93. The van der Waals surface area contributed by atoms with Crippen molar-refractivity contribution < 1.29 is 4.74 Å². The predicted octanol–water partition coefficient (Wildman–Crippen LogP) is 3.42. The minimum Gasteiger partial charge on any atom is -0.381 e. The van der Waals surface area contributed by atoms with Crippen LogP contribution in [-0.4, -0.2) is 13.7 Å². The lowest BCUT2D eigenvalue weighted by molar-refractivity contribution is 0.234. The molecule has 2 heteroatoms. The molecule has 0 amide bonds. The molecule has 0 saturated carbocycles. The van der Waals surface area contributed by atoms with Crippen molar-refractivity contribution in [2.24, 2.45) is 0 Å². The highest BCUT2D eigenvalue weighted by molar-refractivity contribution is 9.10. The fourth-order valence-corrected chi connectivity index (χ4v) is 1.44. The second-order valence-corrected chi connectivity index (χ2v) is 3.77. The SMILES string of the molecule is COC/C=C/c1cc(Br)ccc1C. The van der Waals surface area contributed by atoms with Crippen molar-refractivity contribution in [1.82, 2.24) is 0 Å². The molecule has 0 saturated heterocycles. The van der Waals surface area contributed by atoms with Crippen molar-refractivity contribution in [3.8, 4) is 0 Å². The Kier molecular flexibility index (Phi) is 4.19. The molecule has 0 unspecified atom stereocenters. The lowest BCUT2D eigenvalue weighted by Crippen LogP contribution is -1.83. The van der Waals surface area contributed by atoms with Crippen molar-refractivity contribution in [3.63, 3.8) is 0 Å². The first-order chi connectivity index (χ1) is 6.24. The van der Waals surface area contributed by atoms with Gasteiger partial charge in [-0.3, -0.25) is 0 Å². The van der Waals surface area contributed by atoms with Crippen molar-refractivity contribution in [2.75, 3.05) is 13.7 Å². The molecule has 0 bridgehead atoms. The van der Waals surface area contributed by atoms with E-state index in [0.29, 0.717) is 6.61 Å². The van der Waals surface area contributed by atoms with Crippen molar-refractivity contribution in [1.29, 1.82) is 0 Å². The molecule has 0 spiro atoms. The fourth-order valence-electron chi connectivity index (χ4n) is 1.06. The summed E-state index contributed by atoms with van der Waals surface area (Å²) in [4.78, 5) is 0. The van der Waals surface area contributed by atoms with Gasteiger partial charge >= 0.3 is 0 Å². The van der Waals surface area contributed by atoms with E-state index in [9.17, 15) is 0 Å². The molecule has 1 nitrogen and oxygen atoms in total. The van der Waals surface area contributed by atoms with Gasteiger partial charge in [-0.15, -0.1) is 0 Å². The molecule has 0 fully saturated rings. The molecule has 0 aromatic heterocycles. The van der Waals surface area contributed by atoms with Gasteiger partial charge in [0, 0.05) is 11.6 Å². The van der Waals surface area contributed by atoms with E-state index in [1.54, 1.807) is 7.11 Å². The van der Waals surface area contributed by atoms with Gasteiger partial charge in [-0.05, 0) is 30.2 Å². The molecular weight excluding hydrogens is 228 g/mol. The van der Waals surface area contributed by atoms with Gasteiger partial charge in [0.1, 0.15) is 0 Å². The Labute approximate surface area is 87.5 Å². The van der Waals surface area contributed by atoms with Gasteiger partial charge in [0.2, 0.25) is 0 Å². The topological polar surface area (TPSA) is 9.23 Å². The first kappa shape index (κ1) is 10.5. The van der Waals surface area contributed by atoms with Crippen LogP contribution in [0.5, 0.6) is 0 Å². The van der Waals surface area contributed by atoms with Crippen LogP contribution in [0.3, 0.4) is 0 Å². The number of hydrogen-bond donors (Lipinski definition) is 0. The molecule has 70 valence electrons. The Hall–Kier alpha value is -0.600. The van der Waals surface area contributed by atoms with E-state index in [-0.39, 0.29) is 0 Å². The van der Waals surface area contributed by atoms with E-state index in [1.807, 2.05) is 12.1 Å². The third-order valence-electron chi connectivity index (χ3n) is 1.80. The molecule has 0 radical (unpaired) electrons. The van der Waals surface area contributed by atoms with Crippen LogP contribution in [0.4, 0.5) is 0 Å². The Morgan fingerprint density at radius 2 is 2.23 bits per heavy atom. The summed E-state index contributed by atoms with van der Waals surface area (Å²) < 4.78 is 6.04. The number of ether oxygens (including phenoxy) is 1. The summed E-state index contributed by atoms with van der Waals surface area (Å²) in [6, 6.07) is 6.24. The Morgan fingerprint density at radius 1 is 1.46 bits per heavy atom. The molecule has 0 N–H and O–H groups in total. The van der Waals surface area contributed by atoms with Gasteiger partial charge in [-0.1, -0.05) is 34.1 Å². The van der Waals surface area contributed by atoms with Gasteiger partial charge in [0.15, 0.2) is 0 Å². The molecule has 1 rings (SSSR count). The van der Waals surface area contributed by atoms with E-state index >= 15 is 0 Å². The molecule has 0 aliphatic rings. The first-order valence-electron chi connectivity index (χ1n) is 4.15. The monoisotopic (exact) mass is 240 g/mol. The standard InChI is InChI=1S/C11H13BrO/c1-9-5-6-11(12)8-10(9)4-3-7-13-2/h3-6,8H,7H2,1-2H3/b4-3+. The van der Waals surface area contributed by atoms with Gasteiger partial charge in [-0.2, -0.15) is 0 Å². The van der Waals surface area contributed by atoms with Gasteiger partial charge in [0.25, 0.3) is 0 Å². The predicted molar refractivity (Wildman–Crippen MR) is 59.8 cm³/mol. The number of methoxy groups -OCH3 is 1. The number of rotatable bonds is 3. The van der Waals surface area contributed by atoms with E-state index in [2.05, 4.69) is 41.1 Å². The fraction of sp³-hybridized carbons (Fsp3) is 0.273. The smallest absolute Gasteiger partial charge is 0.0646 e. The van der Waals surface area contributed by atoms with Crippen LogP contribution in [0.15, 0.2) is 28.7 Å². The zero-order valence-corrected chi connectivity index (χ0v) is 9.47. The summed E-state index contributed by atoms with van der Waals surface area (Å²) in [5.74, 6) is 0. The first-order valence-corrected chi connectivity index (χ1v) is 4.95. The van der Waals surface area contributed by atoms with Crippen LogP contribution in [0.25, 0.3) is 6.08 Å². The molecule has 0 aliphatic carbocycles. The van der Waals surface area contributed by atoms with Crippen molar-refractivity contribution >= 4 is 22.0 Å². The van der Waals surface area contributed by atoms with E-state index in [0.717, 1.165) is 4.47 Å². The summed E-state index contributed by atoms with van der Waals surface area (Å²) in [7, 11) is 1.69. The van der Waals surface area contributed by atoms with Crippen LogP contribution in [-0.2, 0) is 4.74 Å². The maximum absolute atomic E-state index is 4.94. The van der Waals surface area contributed by atoms with Gasteiger partial charge in [-0.25, -0.2) is 0 Å². The van der Waals surface area contributed by atoms with Gasteiger partial charge in [0.05, 0.1) is 6.61 Å². The lowest BCUT2D eigenvalue weighted by Gasteiger charge is -2.00. The summed E-state index contributed by atoms with van der Waals surface area (Å²) in [5, 5.41) is 0. The summed E-state index contributed by atoms with van der Waals surface area (Å²) in [5.41, 5.74) is 2.50. The maximum atomic E-state index is 4.94. The normalized spacial score (nSPS) is 11.0. The third-order valence-corrected chi connectivity index (χ3v) is 2.29. The van der Waals surface area contributed by atoms with E-state index < -0.39 is 0 Å². The van der Waals surface area contributed by atoms with E-state index in [4.69, 9.17) is 4.74 Å². The Bertz CT molecular complexity index is 305. The molecule has 1 aromatic rings. The largest absolute Gasteiger partial charge is 0.381 e. The second kappa shape index (κ2) is 5.20. The van der Waals surface area contributed by atoms with Crippen molar-refractivity contribution in [2.45, 2.75) is 6.92 Å². The second-order valence-electron chi connectivity index (χ2n) is 2.86. The van der Waals surface area contributed by atoms with Crippen LogP contribution in [0.1, 0.15) is 11.1 Å². The molecule has 13 heavy (non-hydrogen) atoms. The maximum Gasteiger partial charge on any atom is 0.0646 e. The number of halogens is 1. The summed E-state index contributed by atoms with van der Waals surface area (Å²) >= 11 is 3.44. The quantitative estimate of drug-likeness (QED) is 0.787. The van der Waals surface area contributed by atoms with Crippen LogP contribution in [0.2, 0.25) is 0 Å². The zero-order valence-electron chi connectivity index (χ0n) is 7.88. The van der Waals surface area contributed by atoms with Crippen LogP contribution < -0.4 is 0 Å². The highest BCUT2D eigenvalue weighted by Crippen LogP contribution is 2.16. The average Bonchev–Trinajstić information content (AvgIpc) is 2.11. The van der Waals surface area contributed by atoms with Crippen molar-refractivity contribution in [3.05, 3.63) is 39.9 Å². The molecular formula is C11H13BrO. The number of hydrogen-bond acceptors (Lipinski definition) is 1. The lowest BCUT2D eigenvalue weighted by atomic mass is 10.1. The van der Waals surface area contributed by atoms with Crippen LogP contribution >= 0.6 is 15.9 Å². The van der Waals surface area contributed by atoms with Gasteiger partial charge < -0.3 is 4.74 Å². The Balaban J connectivity index is 2.81. The van der Waals surface area contributed by atoms with Crippen LogP contribution in [0, 0.1) is 6.92 Å². The summed E-state index contributed by atoms with van der Waals surface area (Å²) in [6.45, 7) is 2.75. The van der Waals surface area contributed by atoms with E-state index in [1.165, 1.54) is 11.1 Å².